The molecule has 0 unspecified atom stereocenters. The fourth-order valence-electron chi connectivity index (χ4n) is 1.28. The molecule has 1 heterocycles. The van der Waals surface area contributed by atoms with Gasteiger partial charge in [0.15, 0.2) is 0 Å². The second-order valence-corrected chi connectivity index (χ2v) is 3.09. The van der Waals surface area contributed by atoms with E-state index in [1.165, 1.54) is 24.4 Å². The maximum atomic E-state index is 11.1. The molecular formula is C10H7N3O3. The Kier molecular flexibility index (Phi) is 2.47. The van der Waals surface area contributed by atoms with Crippen molar-refractivity contribution in [3.8, 4) is 11.4 Å². The Morgan fingerprint density at radius 2 is 2.12 bits per heavy atom. The molecule has 0 spiro atoms. The van der Waals surface area contributed by atoms with Crippen LogP contribution >= 0.6 is 0 Å². The number of hydrogen-bond donors (Lipinski definition) is 1. The van der Waals surface area contributed by atoms with Crippen molar-refractivity contribution in [2.45, 2.75) is 0 Å². The Morgan fingerprint density at radius 1 is 1.31 bits per heavy atom. The number of aromatic amines is 1. The average Bonchev–Trinajstić information content (AvgIpc) is 2.29. The number of nitrogens with zero attached hydrogens (tertiary/aromatic N) is 2. The first-order chi connectivity index (χ1) is 7.66. The summed E-state index contributed by atoms with van der Waals surface area (Å²) in [6, 6.07) is 7.20. The number of nitrogens with one attached hydrogen (secondary N) is 1. The van der Waals surface area contributed by atoms with Crippen molar-refractivity contribution in [3.05, 3.63) is 57.0 Å². The number of nitro benzene ring substituents is 1. The van der Waals surface area contributed by atoms with Gasteiger partial charge in [-0.3, -0.25) is 14.9 Å². The number of aromatic nitrogens is 2. The number of hydrogen-bond acceptors (Lipinski definition) is 4. The molecule has 80 valence electrons. The summed E-state index contributed by atoms with van der Waals surface area (Å²) in [5.41, 5.74) is 0.174. The van der Waals surface area contributed by atoms with Gasteiger partial charge < -0.3 is 4.98 Å². The molecule has 6 nitrogen and oxygen atoms in total. The van der Waals surface area contributed by atoms with Crippen molar-refractivity contribution >= 4 is 5.69 Å². The molecule has 0 atom stereocenters. The van der Waals surface area contributed by atoms with Crippen LogP contribution in [0.4, 0.5) is 5.69 Å². The highest BCUT2D eigenvalue weighted by Gasteiger charge is 2.07. The molecule has 1 aromatic heterocycles. The third kappa shape index (κ3) is 1.95. The lowest BCUT2D eigenvalue weighted by atomic mass is 10.2. The van der Waals surface area contributed by atoms with Crippen LogP contribution in [0.2, 0.25) is 0 Å². The summed E-state index contributed by atoms with van der Waals surface area (Å²) in [5.74, 6) is 0.316. The minimum Gasteiger partial charge on any atom is -0.307 e. The zero-order chi connectivity index (χ0) is 11.5. The quantitative estimate of drug-likeness (QED) is 0.607. The molecule has 0 aliphatic heterocycles. The van der Waals surface area contributed by atoms with Gasteiger partial charge in [0.25, 0.3) is 11.2 Å². The van der Waals surface area contributed by atoms with Gasteiger partial charge in [-0.05, 0) is 0 Å². The molecule has 0 saturated carbocycles. The third-order valence-electron chi connectivity index (χ3n) is 2.00. The fourth-order valence-corrected chi connectivity index (χ4v) is 1.28. The molecule has 6 heteroatoms. The Morgan fingerprint density at radius 3 is 2.81 bits per heavy atom. The van der Waals surface area contributed by atoms with E-state index in [-0.39, 0.29) is 11.2 Å². The van der Waals surface area contributed by atoms with E-state index in [1.807, 2.05) is 0 Å². The Balaban J connectivity index is 2.52. The number of rotatable bonds is 2. The molecule has 0 saturated heterocycles. The SMILES string of the molecule is O=c1ccnc(-c2cccc([N+](=O)[O-])c2)[nH]1. The Hall–Kier alpha value is -2.50. The van der Waals surface area contributed by atoms with E-state index in [2.05, 4.69) is 9.97 Å². The molecule has 0 aliphatic carbocycles. The number of H-pyrrole nitrogens is 1. The van der Waals surface area contributed by atoms with E-state index >= 15 is 0 Å². The normalized spacial score (nSPS) is 10.0. The van der Waals surface area contributed by atoms with Crippen LogP contribution in [0.1, 0.15) is 0 Å². The van der Waals surface area contributed by atoms with Crippen molar-refractivity contribution in [2.75, 3.05) is 0 Å². The van der Waals surface area contributed by atoms with E-state index in [1.54, 1.807) is 12.1 Å². The molecule has 0 bridgehead atoms. The zero-order valence-electron chi connectivity index (χ0n) is 8.08. The van der Waals surface area contributed by atoms with Crippen molar-refractivity contribution in [2.24, 2.45) is 0 Å². The molecule has 0 amide bonds. The summed E-state index contributed by atoms with van der Waals surface area (Å²) in [5, 5.41) is 10.6. The van der Waals surface area contributed by atoms with Crippen LogP contribution in [0.3, 0.4) is 0 Å². The van der Waals surface area contributed by atoms with E-state index in [0.717, 1.165) is 0 Å². The van der Waals surface area contributed by atoms with Gasteiger partial charge in [0.2, 0.25) is 0 Å². The van der Waals surface area contributed by atoms with Crippen LogP contribution in [-0.2, 0) is 0 Å². The highest BCUT2D eigenvalue weighted by Crippen LogP contribution is 2.19. The van der Waals surface area contributed by atoms with Gasteiger partial charge in [0.1, 0.15) is 5.82 Å². The summed E-state index contributed by atoms with van der Waals surface area (Å²) in [6.45, 7) is 0. The largest absolute Gasteiger partial charge is 0.307 e. The second-order valence-electron chi connectivity index (χ2n) is 3.09. The Bertz CT molecular complexity index is 592. The molecule has 0 radical (unpaired) electrons. The van der Waals surface area contributed by atoms with Gasteiger partial charge in [0, 0.05) is 30.0 Å². The van der Waals surface area contributed by atoms with Crippen molar-refractivity contribution in [1.29, 1.82) is 0 Å². The number of benzene rings is 1. The summed E-state index contributed by atoms with van der Waals surface area (Å²) in [7, 11) is 0. The zero-order valence-corrected chi connectivity index (χ0v) is 8.08. The van der Waals surface area contributed by atoms with E-state index in [9.17, 15) is 14.9 Å². The summed E-state index contributed by atoms with van der Waals surface area (Å²) in [6.07, 6.45) is 1.35. The molecule has 2 aromatic rings. The average molecular weight is 217 g/mol. The summed E-state index contributed by atoms with van der Waals surface area (Å²) >= 11 is 0. The van der Waals surface area contributed by atoms with E-state index < -0.39 is 4.92 Å². The van der Waals surface area contributed by atoms with Gasteiger partial charge >= 0.3 is 0 Å². The smallest absolute Gasteiger partial charge is 0.270 e. The summed E-state index contributed by atoms with van der Waals surface area (Å²) < 4.78 is 0. The standard InChI is InChI=1S/C10H7N3O3/c14-9-4-5-11-10(12-9)7-2-1-3-8(6-7)13(15)16/h1-6H,(H,11,12,14). The second kappa shape index (κ2) is 3.93. The van der Waals surface area contributed by atoms with E-state index in [0.29, 0.717) is 11.4 Å². The van der Waals surface area contributed by atoms with Crippen molar-refractivity contribution in [3.63, 3.8) is 0 Å². The molecule has 2 rings (SSSR count). The van der Waals surface area contributed by atoms with Crippen LogP contribution in [0, 0.1) is 10.1 Å². The predicted molar refractivity (Wildman–Crippen MR) is 56.9 cm³/mol. The van der Waals surface area contributed by atoms with Crippen LogP contribution < -0.4 is 5.56 Å². The molecule has 0 fully saturated rings. The van der Waals surface area contributed by atoms with Crippen molar-refractivity contribution < 1.29 is 4.92 Å². The lowest BCUT2D eigenvalue weighted by Gasteiger charge is -1.99. The van der Waals surface area contributed by atoms with Gasteiger partial charge in [-0.25, -0.2) is 4.98 Å². The lowest BCUT2D eigenvalue weighted by molar-refractivity contribution is -0.384. The van der Waals surface area contributed by atoms with Crippen LogP contribution in [0.25, 0.3) is 11.4 Å². The molecule has 16 heavy (non-hydrogen) atoms. The molecule has 1 aromatic carbocycles. The van der Waals surface area contributed by atoms with Crippen molar-refractivity contribution in [1.82, 2.24) is 9.97 Å². The van der Waals surface area contributed by atoms with Gasteiger partial charge in [-0.15, -0.1) is 0 Å². The minimum atomic E-state index is -0.495. The topological polar surface area (TPSA) is 88.9 Å². The van der Waals surface area contributed by atoms with Crippen LogP contribution in [0.15, 0.2) is 41.3 Å². The maximum Gasteiger partial charge on any atom is 0.270 e. The maximum absolute atomic E-state index is 11.1. The predicted octanol–water partition coefficient (Wildman–Crippen LogP) is 1.35. The molecule has 0 aliphatic rings. The van der Waals surface area contributed by atoms with Gasteiger partial charge in [-0.1, -0.05) is 12.1 Å². The first kappa shape index (κ1) is 10.0. The van der Waals surface area contributed by atoms with Crippen LogP contribution in [-0.4, -0.2) is 14.9 Å². The number of nitro groups is 1. The van der Waals surface area contributed by atoms with E-state index in [4.69, 9.17) is 0 Å². The number of non-ortho nitro benzene ring substituents is 1. The fraction of sp³-hybridized carbons (Fsp3) is 0. The monoisotopic (exact) mass is 217 g/mol. The molecular weight excluding hydrogens is 210 g/mol. The third-order valence-corrected chi connectivity index (χ3v) is 2.00. The van der Waals surface area contributed by atoms with Gasteiger partial charge in [0.05, 0.1) is 4.92 Å². The highest BCUT2D eigenvalue weighted by molar-refractivity contribution is 5.58. The first-order valence-corrected chi connectivity index (χ1v) is 4.47. The lowest BCUT2D eigenvalue weighted by Crippen LogP contribution is -2.05. The summed E-state index contributed by atoms with van der Waals surface area (Å²) in [4.78, 5) is 27.6. The Labute approximate surface area is 89.7 Å². The minimum absolute atomic E-state index is 0.0380. The molecule has 1 N–H and O–H groups in total. The first-order valence-electron chi connectivity index (χ1n) is 4.47. The van der Waals surface area contributed by atoms with Gasteiger partial charge in [-0.2, -0.15) is 0 Å². The van der Waals surface area contributed by atoms with Crippen LogP contribution in [0.5, 0.6) is 0 Å². The highest BCUT2D eigenvalue weighted by atomic mass is 16.6.